The van der Waals surface area contributed by atoms with E-state index in [1.165, 1.54) is 18.2 Å². The minimum absolute atomic E-state index is 0.0292. The lowest BCUT2D eigenvalue weighted by Gasteiger charge is -2.04. The molecule has 7 nitrogen and oxygen atoms in total. The van der Waals surface area contributed by atoms with E-state index in [1.807, 2.05) is 67.7 Å². The van der Waals surface area contributed by atoms with Crippen LogP contribution in [0.5, 0.6) is 0 Å². The molecule has 34 heavy (non-hydrogen) atoms. The van der Waals surface area contributed by atoms with Crippen LogP contribution in [0.15, 0.2) is 96.0 Å². The third-order valence-electron chi connectivity index (χ3n) is 5.22. The molecule has 0 aliphatic carbocycles. The Labute approximate surface area is 198 Å². The third-order valence-corrected chi connectivity index (χ3v) is 6.15. The molecule has 0 aliphatic heterocycles. The number of aromatic nitrogens is 2. The van der Waals surface area contributed by atoms with Crippen LogP contribution in [0.4, 0.5) is 0 Å². The van der Waals surface area contributed by atoms with Gasteiger partial charge in [-0.05, 0) is 42.8 Å². The first-order valence-electron chi connectivity index (χ1n) is 10.6. The van der Waals surface area contributed by atoms with Gasteiger partial charge in [0.15, 0.2) is 0 Å². The molecule has 4 aromatic rings. The van der Waals surface area contributed by atoms with Crippen LogP contribution >= 0.6 is 0 Å². The number of rotatable bonds is 7. The summed E-state index contributed by atoms with van der Waals surface area (Å²) in [7, 11) is -3.74. The Morgan fingerprint density at radius 1 is 1.00 bits per heavy atom. The van der Waals surface area contributed by atoms with Gasteiger partial charge in [0.2, 0.25) is 15.9 Å². The number of nitrogens with one attached hydrogen (secondary N) is 1. The van der Waals surface area contributed by atoms with Crippen molar-refractivity contribution >= 4 is 22.0 Å². The highest BCUT2D eigenvalue weighted by molar-refractivity contribution is 7.89. The Hall–Kier alpha value is -4.01. The van der Waals surface area contributed by atoms with E-state index in [1.54, 1.807) is 22.9 Å². The van der Waals surface area contributed by atoms with Crippen LogP contribution in [-0.2, 0) is 21.4 Å². The number of carbonyl (C=O) groups excluding carboxylic acids is 1. The number of primary sulfonamides is 1. The summed E-state index contributed by atoms with van der Waals surface area (Å²) in [5, 5.41) is 12.7. The minimum atomic E-state index is -3.74. The maximum atomic E-state index is 12.4. The second-order valence-electron chi connectivity index (χ2n) is 7.82. The molecule has 8 heteroatoms. The predicted molar refractivity (Wildman–Crippen MR) is 132 cm³/mol. The van der Waals surface area contributed by atoms with Crippen molar-refractivity contribution in [2.45, 2.75) is 18.4 Å². The molecule has 0 fully saturated rings. The van der Waals surface area contributed by atoms with Crippen LogP contribution in [0.3, 0.4) is 0 Å². The van der Waals surface area contributed by atoms with E-state index in [4.69, 9.17) is 10.2 Å². The molecule has 1 heterocycles. The molecular weight excluding hydrogens is 448 g/mol. The van der Waals surface area contributed by atoms with Crippen molar-refractivity contribution in [1.82, 2.24) is 15.1 Å². The molecule has 3 aromatic carbocycles. The minimum Gasteiger partial charge on any atom is -0.348 e. The Bertz CT molecular complexity index is 1420. The van der Waals surface area contributed by atoms with Crippen LogP contribution in [0.25, 0.3) is 23.0 Å². The van der Waals surface area contributed by atoms with Crippen LogP contribution in [0.1, 0.15) is 16.7 Å². The van der Waals surface area contributed by atoms with E-state index in [9.17, 15) is 13.2 Å². The summed E-state index contributed by atoms with van der Waals surface area (Å²) >= 11 is 0. The standard InChI is InChI=1S/C26H24N4O3S/c1-19-7-11-21(12-8-19)26-22(18-30(29-26)23-5-3-2-4-6-23)13-16-25(31)28-17-20-9-14-24(15-10-20)34(27,32)33/h2-16,18H,17H2,1H3,(H,28,31)(H2,27,32,33)/b16-13+. The van der Waals surface area contributed by atoms with Gasteiger partial charge < -0.3 is 5.32 Å². The highest BCUT2D eigenvalue weighted by Gasteiger charge is 2.11. The van der Waals surface area contributed by atoms with Gasteiger partial charge in [-0.15, -0.1) is 0 Å². The largest absolute Gasteiger partial charge is 0.348 e. The molecule has 1 aromatic heterocycles. The lowest BCUT2D eigenvalue weighted by Crippen LogP contribution is -2.20. The van der Waals surface area contributed by atoms with Crippen molar-refractivity contribution < 1.29 is 13.2 Å². The van der Waals surface area contributed by atoms with Crippen LogP contribution < -0.4 is 10.5 Å². The fourth-order valence-corrected chi connectivity index (χ4v) is 3.88. The van der Waals surface area contributed by atoms with E-state index in [2.05, 4.69) is 5.32 Å². The highest BCUT2D eigenvalue weighted by atomic mass is 32.2. The Balaban J connectivity index is 1.52. The average Bonchev–Trinajstić information content (AvgIpc) is 3.26. The summed E-state index contributed by atoms with van der Waals surface area (Å²) in [4.78, 5) is 12.5. The number of sulfonamides is 1. The number of benzene rings is 3. The first-order chi connectivity index (χ1) is 16.3. The van der Waals surface area contributed by atoms with Gasteiger partial charge in [-0.2, -0.15) is 5.10 Å². The van der Waals surface area contributed by atoms with Crippen LogP contribution in [-0.4, -0.2) is 24.1 Å². The van der Waals surface area contributed by atoms with Gasteiger partial charge in [0, 0.05) is 29.9 Å². The topological polar surface area (TPSA) is 107 Å². The molecule has 0 radical (unpaired) electrons. The molecule has 172 valence electrons. The lowest BCUT2D eigenvalue weighted by molar-refractivity contribution is -0.116. The number of nitrogens with zero attached hydrogens (tertiary/aromatic N) is 2. The third kappa shape index (κ3) is 5.67. The summed E-state index contributed by atoms with van der Waals surface area (Å²) in [6.07, 6.45) is 5.09. The number of hydrogen-bond donors (Lipinski definition) is 2. The van der Waals surface area contributed by atoms with Gasteiger partial charge >= 0.3 is 0 Å². The second-order valence-corrected chi connectivity index (χ2v) is 9.38. The molecule has 3 N–H and O–H groups in total. The smallest absolute Gasteiger partial charge is 0.244 e. The number of carbonyl (C=O) groups is 1. The molecule has 0 unspecified atom stereocenters. The summed E-state index contributed by atoms with van der Waals surface area (Å²) < 4.78 is 24.5. The highest BCUT2D eigenvalue weighted by Crippen LogP contribution is 2.25. The molecule has 4 rings (SSSR count). The molecule has 0 atom stereocenters. The maximum absolute atomic E-state index is 12.4. The van der Waals surface area contributed by atoms with Crippen molar-refractivity contribution in [3.63, 3.8) is 0 Å². The van der Waals surface area contributed by atoms with Crippen molar-refractivity contribution in [2.24, 2.45) is 5.14 Å². The van der Waals surface area contributed by atoms with Gasteiger partial charge in [0.05, 0.1) is 16.3 Å². The van der Waals surface area contributed by atoms with Gasteiger partial charge in [0.1, 0.15) is 0 Å². The normalized spacial score (nSPS) is 11.6. The summed E-state index contributed by atoms with van der Waals surface area (Å²) in [6, 6.07) is 23.9. The van der Waals surface area contributed by atoms with Crippen LogP contribution in [0.2, 0.25) is 0 Å². The monoisotopic (exact) mass is 472 g/mol. The van der Waals surface area contributed by atoms with E-state index < -0.39 is 10.0 Å². The fraction of sp³-hybridized carbons (Fsp3) is 0.0769. The zero-order valence-electron chi connectivity index (χ0n) is 18.5. The zero-order valence-corrected chi connectivity index (χ0v) is 19.4. The number of aryl methyl sites for hydroxylation is 1. The Morgan fingerprint density at radius 3 is 2.32 bits per heavy atom. The quantitative estimate of drug-likeness (QED) is 0.399. The first kappa shape index (κ1) is 23.2. The number of hydrogen-bond acceptors (Lipinski definition) is 4. The van der Waals surface area contributed by atoms with Crippen LogP contribution in [0, 0.1) is 6.92 Å². The molecule has 0 saturated carbocycles. The molecule has 0 bridgehead atoms. The summed E-state index contributed by atoms with van der Waals surface area (Å²) in [5.74, 6) is -0.280. The van der Waals surface area contributed by atoms with Crippen molar-refractivity contribution in [2.75, 3.05) is 0 Å². The predicted octanol–water partition coefficient (Wildman–Crippen LogP) is 3.82. The van der Waals surface area contributed by atoms with E-state index >= 15 is 0 Å². The summed E-state index contributed by atoms with van der Waals surface area (Å²) in [5.41, 5.74) is 5.36. The van der Waals surface area contributed by atoms with E-state index in [-0.39, 0.29) is 17.3 Å². The Morgan fingerprint density at radius 2 is 1.68 bits per heavy atom. The van der Waals surface area contributed by atoms with Crippen molar-refractivity contribution in [3.05, 3.63) is 108 Å². The maximum Gasteiger partial charge on any atom is 0.244 e. The molecule has 0 spiro atoms. The van der Waals surface area contributed by atoms with Crippen molar-refractivity contribution in [1.29, 1.82) is 0 Å². The molecule has 0 saturated heterocycles. The fourth-order valence-electron chi connectivity index (χ4n) is 3.37. The van der Waals surface area contributed by atoms with E-state index in [0.29, 0.717) is 0 Å². The van der Waals surface area contributed by atoms with Gasteiger partial charge in [-0.1, -0.05) is 60.2 Å². The number of nitrogens with two attached hydrogens (primary N) is 1. The SMILES string of the molecule is Cc1ccc(-c2nn(-c3ccccc3)cc2/C=C/C(=O)NCc2ccc(S(N)(=O)=O)cc2)cc1. The first-order valence-corrected chi connectivity index (χ1v) is 12.1. The van der Waals surface area contributed by atoms with E-state index in [0.717, 1.165) is 33.6 Å². The second kappa shape index (κ2) is 9.86. The lowest BCUT2D eigenvalue weighted by atomic mass is 10.1. The van der Waals surface area contributed by atoms with Gasteiger partial charge in [-0.25, -0.2) is 18.2 Å². The zero-order chi connectivity index (χ0) is 24.1. The molecular formula is C26H24N4O3S. The van der Waals surface area contributed by atoms with Gasteiger partial charge in [-0.3, -0.25) is 4.79 Å². The average molecular weight is 473 g/mol. The van der Waals surface area contributed by atoms with Gasteiger partial charge in [0.25, 0.3) is 0 Å². The van der Waals surface area contributed by atoms with Crippen molar-refractivity contribution in [3.8, 4) is 16.9 Å². The summed E-state index contributed by atoms with van der Waals surface area (Å²) in [6.45, 7) is 2.28. The number of amides is 1. The number of para-hydroxylation sites is 1. The molecule has 1 amide bonds. The molecule has 0 aliphatic rings. The Kier molecular flexibility index (Phi) is 6.72.